The van der Waals surface area contributed by atoms with Gasteiger partial charge in [0.15, 0.2) is 0 Å². The molecule has 1 heterocycles. The van der Waals surface area contributed by atoms with E-state index in [1.807, 2.05) is 0 Å². The maximum Gasteiger partial charge on any atom is 0.0779 e. The summed E-state index contributed by atoms with van der Waals surface area (Å²) in [5.74, 6) is 0. The number of hydrogen-bond acceptors (Lipinski definition) is 1. The second kappa shape index (κ2) is 3.02. The first-order valence-electron chi connectivity index (χ1n) is 3.64. The predicted molar refractivity (Wildman–Crippen MR) is 38.4 cm³/mol. The highest BCUT2D eigenvalue weighted by Crippen LogP contribution is 2.19. The molecule has 0 bridgehead atoms. The van der Waals surface area contributed by atoms with Gasteiger partial charge in [-0.2, -0.15) is 0 Å². The summed E-state index contributed by atoms with van der Waals surface area (Å²) in [7, 11) is 0. The standard InChI is InChI=1S/C8H14O/c1-3-8-7(2)5-4-6-9-8/h8H,2-6H2,1H3/t8-/m1/s1. The van der Waals surface area contributed by atoms with Crippen LogP contribution in [0.15, 0.2) is 12.2 Å². The molecular weight excluding hydrogens is 112 g/mol. The molecule has 0 aromatic heterocycles. The van der Waals surface area contributed by atoms with Crippen LogP contribution in [0.2, 0.25) is 0 Å². The zero-order valence-corrected chi connectivity index (χ0v) is 6.02. The van der Waals surface area contributed by atoms with Crippen molar-refractivity contribution >= 4 is 0 Å². The van der Waals surface area contributed by atoms with E-state index in [9.17, 15) is 0 Å². The van der Waals surface area contributed by atoms with Crippen molar-refractivity contribution in [1.29, 1.82) is 0 Å². The highest BCUT2D eigenvalue weighted by atomic mass is 16.5. The zero-order chi connectivity index (χ0) is 6.69. The van der Waals surface area contributed by atoms with E-state index in [0.29, 0.717) is 6.10 Å². The highest BCUT2D eigenvalue weighted by molar-refractivity contribution is 5.03. The third kappa shape index (κ3) is 1.55. The maximum absolute atomic E-state index is 5.44. The van der Waals surface area contributed by atoms with Crippen LogP contribution in [0.5, 0.6) is 0 Å². The summed E-state index contributed by atoms with van der Waals surface area (Å²) >= 11 is 0. The molecule has 0 amide bonds. The van der Waals surface area contributed by atoms with E-state index in [1.165, 1.54) is 12.0 Å². The molecule has 0 radical (unpaired) electrons. The molecule has 52 valence electrons. The van der Waals surface area contributed by atoms with Gasteiger partial charge in [-0.15, -0.1) is 0 Å². The van der Waals surface area contributed by atoms with Crippen LogP contribution < -0.4 is 0 Å². The van der Waals surface area contributed by atoms with Crippen LogP contribution in [-0.2, 0) is 4.74 Å². The Morgan fingerprint density at radius 1 is 1.78 bits per heavy atom. The summed E-state index contributed by atoms with van der Waals surface area (Å²) in [6, 6.07) is 0. The number of ether oxygens (including phenoxy) is 1. The molecular formula is C8H14O. The van der Waals surface area contributed by atoms with Gasteiger partial charge in [-0.1, -0.05) is 13.5 Å². The predicted octanol–water partition coefficient (Wildman–Crippen LogP) is 2.13. The van der Waals surface area contributed by atoms with Crippen LogP contribution in [0.1, 0.15) is 26.2 Å². The minimum atomic E-state index is 0.360. The summed E-state index contributed by atoms with van der Waals surface area (Å²) in [4.78, 5) is 0. The third-order valence-electron chi connectivity index (χ3n) is 1.79. The third-order valence-corrected chi connectivity index (χ3v) is 1.79. The van der Waals surface area contributed by atoms with Crippen molar-refractivity contribution < 1.29 is 4.74 Å². The summed E-state index contributed by atoms with van der Waals surface area (Å²) in [5, 5.41) is 0. The summed E-state index contributed by atoms with van der Waals surface area (Å²) < 4.78 is 5.44. The van der Waals surface area contributed by atoms with E-state index < -0.39 is 0 Å². The minimum absolute atomic E-state index is 0.360. The van der Waals surface area contributed by atoms with Crippen LogP contribution in [0, 0.1) is 0 Å². The molecule has 0 saturated carbocycles. The van der Waals surface area contributed by atoms with Crippen molar-refractivity contribution in [3.63, 3.8) is 0 Å². The molecule has 0 N–H and O–H groups in total. The van der Waals surface area contributed by atoms with Gasteiger partial charge in [0.25, 0.3) is 0 Å². The Balaban J connectivity index is 2.39. The monoisotopic (exact) mass is 126 g/mol. The molecule has 1 aliphatic heterocycles. The Morgan fingerprint density at radius 2 is 2.56 bits per heavy atom. The average Bonchev–Trinajstić information content (AvgIpc) is 1.89. The SMILES string of the molecule is C=C1CCCO[C@@H]1CC. The topological polar surface area (TPSA) is 9.23 Å². The Bertz CT molecular complexity index is 107. The van der Waals surface area contributed by atoms with Gasteiger partial charge < -0.3 is 4.74 Å². The second-order valence-corrected chi connectivity index (χ2v) is 2.53. The number of hydrogen-bond donors (Lipinski definition) is 0. The molecule has 1 rings (SSSR count). The maximum atomic E-state index is 5.44. The van der Waals surface area contributed by atoms with Gasteiger partial charge >= 0.3 is 0 Å². The van der Waals surface area contributed by atoms with Crippen LogP contribution >= 0.6 is 0 Å². The van der Waals surface area contributed by atoms with E-state index in [1.54, 1.807) is 0 Å². The Kier molecular flexibility index (Phi) is 2.29. The van der Waals surface area contributed by atoms with Gasteiger partial charge in [-0.3, -0.25) is 0 Å². The first kappa shape index (κ1) is 6.81. The van der Waals surface area contributed by atoms with E-state index in [0.717, 1.165) is 19.4 Å². The molecule has 0 aromatic rings. The van der Waals surface area contributed by atoms with Gasteiger partial charge in [0.05, 0.1) is 6.10 Å². The average molecular weight is 126 g/mol. The molecule has 1 atom stereocenters. The quantitative estimate of drug-likeness (QED) is 0.489. The molecule has 1 saturated heterocycles. The molecule has 0 aromatic carbocycles. The lowest BCUT2D eigenvalue weighted by molar-refractivity contribution is 0.0511. The molecule has 1 nitrogen and oxygen atoms in total. The molecule has 0 aliphatic carbocycles. The summed E-state index contributed by atoms with van der Waals surface area (Å²) in [6.07, 6.45) is 3.77. The molecule has 0 unspecified atom stereocenters. The smallest absolute Gasteiger partial charge is 0.0779 e. The first-order chi connectivity index (χ1) is 4.34. The molecule has 1 heteroatoms. The van der Waals surface area contributed by atoms with Crippen LogP contribution in [0.25, 0.3) is 0 Å². The largest absolute Gasteiger partial charge is 0.374 e. The normalized spacial score (nSPS) is 28.6. The Hall–Kier alpha value is -0.300. The molecule has 1 aliphatic rings. The summed E-state index contributed by atoms with van der Waals surface area (Å²) in [5.41, 5.74) is 1.28. The van der Waals surface area contributed by atoms with E-state index >= 15 is 0 Å². The lowest BCUT2D eigenvalue weighted by Crippen LogP contribution is -2.20. The van der Waals surface area contributed by atoms with Gasteiger partial charge in [0.2, 0.25) is 0 Å². The van der Waals surface area contributed by atoms with Crippen molar-refractivity contribution in [3.05, 3.63) is 12.2 Å². The van der Waals surface area contributed by atoms with Gasteiger partial charge in [0, 0.05) is 6.61 Å². The summed E-state index contributed by atoms with van der Waals surface area (Å²) in [6.45, 7) is 7.01. The van der Waals surface area contributed by atoms with Gasteiger partial charge in [0.1, 0.15) is 0 Å². The molecule has 1 fully saturated rings. The van der Waals surface area contributed by atoms with Gasteiger partial charge in [-0.25, -0.2) is 0 Å². The van der Waals surface area contributed by atoms with Gasteiger partial charge in [-0.05, 0) is 24.8 Å². The Labute approximate surface area is 56.7 Å². The highest BCUT2D eigenvalue weighted by Gasteiger charge is 2.14. The lowest BCUT2D eigenvalue weighted by Gasteiger charge is -2.23. The van der Waals surface area contributed by atoms with Crippen molar-refractivity contribution in [3.8, 4) is 0 Å². The van der Waals surface area contributed by atoms with Crippen molar-refractivity contribution in [2.75, 3.05) is 6.61 Å². The van der Waals surface area contributed by atoms with Crippen LogP contribution in [0.4, 0.5) is 0 Å². The van der Waals surface area contributed by atoms with E-state index in [2.05, 4.69) is 13.5 Å². The second-order valence-electron chi connectivity index (χ2n) is 2.53. The van der Waals surface area contributed by atoms with Crippen molar-refractivity contribution in [2.45, 2.75) is 32.3 Å². The fourth-order valence-electron chi connectivity index (χ4n) is 1.21. The van der Waals surface area contributed by atoms with Crippen LogP contribution in [0.3, 0.4) is 0 Å². The van der Waals surface area contributed by atoms with Crippen molar-refractivity contribution in [1.82, 2.24) is 0 Å². The van der Waals surface area contributed by atoms with E-state index in [4.69, 9.17) is 4.74 Å². The minimum Gasteiger partial charge on any atom is -0.374 e. The van der Waals surface area contributed by atoms with E-state index in [-0.39, 0.29) is 0 Å². The fraction of sp³-hybridized carbons (Fsp3) is 0.750. The van der Waals surface area contributed by atoms with Crippen molar-refractivity contribution in [2.24, 2.45) is 0 Å². The van der Waals surface area contributed by atoms with Crippen LogP contribution in [-0.4, -0.2) is 12.7 Å². The lowest BCUT2D eigenvalue weighted by atomic mass is 10.0. The fourth-order valence-corrected chi connectivity index (χ4v) is 1.21. The Morgan fingerprint density at radius 3 is 3.00 bits per heavy atom. The molecule has 0 spiro atoms. The number of rotatable bonds is 1. The zero-order valence-electron chi connectivity index (χ0n) is 6.02. The first-order valence-corrected chi connectivity index (χ1v) is 3.64. The molecule has 9 heavy (non-hydrogen) atoms.